The molecular weight excluding hydrogens is 238 g/mol. The van der Waals surface area contributed by atoms with Crippen molar-refractivity contribution < 1.29 is 9.90 Å². The van der Waals surface area contributed by atoms with Crippen LogP contribution in [0.3, 0.4) is 0 Å². The normalized spacial score (nSPS) is 13.2. The highest BCUT2D eigenvalue weighted by molar-refractivity contribution is 6.30. The highest BCUT2D eigenvalue weighted by Gasteiger charge is 2.22. The fourth-order valence-corrected chi connectivity index (χ4v) is 1.32. The molecule has 0 bridgehead atoms. The third kappa shape index (κ3) is 4.36. The first kappa shape index (κ1) is 14.0. The lowest BCUT2D eigenvalue weighted by molar-refractivity contribution is 0.0587. The summed E-state index contributed by atoms with van der Waals surface area (Å²) in [6, 6.07) is 6.63. The van der Waals surface area contributed by atoms with Crippen LogP contribution >= 0.6 is 11.6 Å². The first-order valence-corrected chi connectivity index (χ1v) is 5.90. The summed E-state index contributed by atoms with van der Waals surface area (Å²) < 4.78 is 0. The zero-order valence-corrected chi connectivity index (χ0v) is 11.1. The molecule has 1 amide bonds. The van der Waals surface area contributed by atoms with Crippen molar-refractivity contribution in [2.75, 3.05) is 6.54 Å². The molecule has 17 heavy (non-hydrogen) atoms. The van der Waals surface area contributed by atoms with E-state index < -0.39 is 6.10 Å². The summed E-state index contributed by atoms with van der Waals surface area (Å²) in [5.41, 5.74) is 0.295. The molecule has 0 saturated heterocycles. The first-order valence-electron chi connectivity index (χ1n) is 5.52. The molecule has 1 atom stereocenters. The minimum absolute atomic E-state index is 0.204. The van der Waals surface area contributed by atoms with E-state index in [1.54, 1.807) is 24.3 Å². The van der Waals surface area contributed by atoms with Gasteiger partial charge in [0.2, 0.25) is 0 Å². The molecule has 3 nitrogen and oxygen atoms in total. The highest BCUT2D eigenvalue weighted by Crippen LogP contribution is 2.18. The molecule has 1 rings (SSSR count). The van der Waals surface area contributed by atoms with Gasteiger partial charge in [-0.05, 0) is 29.7 Å². The van der Waals surface area contributed by atoms with Gasteiger partial charge in [-0.15, -0.1) is 0 Å². The summed E-state index contributed by atoms with van der Waals surface area (Å²) in [6.07, 6.45) is -0.571. The summed E-state index contributed by atoms with van der Waals surface area (Å²) >= 11 is 5.73. The zero-order valence-electron chi connectivity index (χ0n) is 10.3. The summed E-state index contributed by atoms with van der Waals surface area (Å²) in [4.78, 5) is 11.7. The molecule has 0 heterocycles. The number of aliphatic hydroxyl groups is 1. The molecule has 2 N–H and O–H groups in total. The Morgan fingerprint density at radius 3 is 2.35 bits per heavy atom. The van der Waals surface area contributed by atoms with Gasteiger partial charge < -0.3 is 10.4 Å². The van der Waals surface area contributed by atoms with Crippen LogP contribution in [0.2, 0.25) is 5.02 Å². The molecule has 4 heteroatoms. The Labute approximate surface area is 107 Å². The number of halogens is 1. The molecule has 0 aliphatic heterocycles. The van der Waals surface area contributed by atoms with Gasteiger partial charge in [-0.25, -0.2) is 0 Å². The number of hydrogen-bond donors (Lipinski definition) is 2. The Balaban J connectivity index is 2.53. The lowest BCUT2D eigenvalue weighted by Crippen LogP contribution is -2.39. The smallest absolute Gasteiger partial charge is 0.251 e. The minimum Gasteiger partial charge on any atom is -0.391 e. The predicted molar refractivity (Wildman–Crippen MR) is 69.2 cm³/mol. The number of carbonyl (C=O) groups excluding carboxylic acids is 1. The third-order valence-corrected chi connectivity index (χ3v) is 2.81. The average Bonchev–Trinajstić information content (AvgIpc) is 2.25. The van der Waals surface area contributed by atoms with Crippen molar-refractivity contribution in [2.24, 2.45) is 5.41 Å². The van der Waals surface area contributed by atoms with Crippen LogP contribution in [0.15, 0.2) is 24.3 Å². The maximum Gasteiger partial charge on any atom is 0.251 e. The lowest BCUT2D eigenvalue weighted by Gasteiger charge is -2.25. The van der Waals surface area contributed by atoms with Crippen molar-refractivity contribution in [3.8, 4) is 0 Å². The van der Waals surface area contributed by atoms with Crippen molar-refractivity contribution in [2.45, 2.75) is 26.9 Å². The fourth-order valence-electron chi connectivity index (χ4n) is 1.20. The lowest BCUT2D eigenvalue weighted by atomic mass is 9.89. The summed E-state index contributed by atoms with van der Waals surface area (Å²) in [6.45, 7) is 6.01. The average molecular weight is 256 g/mol. The summed E-state index contributed by atoms with van der Waals surface area (Å²) in [7, 11) is 0. The fraction of sp³-hybridized carbons (Fsp3) is 0.462. The van der Waals surface area contributed by atoms with Gasteiger partial charge in [-0.2, -0.15) is 0 Å². The number of benzene rings is 1. The number of rotatable bonds is 3. The van der Waals surface area contributed by atoms with E-state index in [2.05, 4.69) is 5.32 Å². The molecule has 0 radical (unpaired) electrons. The van der Waals surface area contributed by atoms with Gasteiger partial charge in [0.25, 0.3) is 5.91 Å². The molecule has 1 unspecified atom stereocenters. The largest absolute Gasteiger partial charge is 0.391 e. The Morgan fingerprint density at radius 2 is 1.88 bits per heavy atom. The maximum absolute atomic E-state index is 11.7. The quantitative estimate of drug-likeness (QED) is 0.872. The number of amides is 1. The molecular formula is C13H18ClNO2. The standard InChI is InChI=1S/C13H18ClNO2/c1-13(2,3)11(16)8-15-12(17)9-4-6-10(14)7-5-9/h4-7,11,16H,8H2,1-3H3,(H,15,17). The maximum atomic E-state index is 11.7. The van der Waals surface area contributed by atoms with E-state index in [0.29, 0.717) is 10.6 Å². The van der Waals surface area contributed by atoms with Crippen LogP contribution in [0.1, 0.15) is 31.1 Å². The Kier molecular flexibility index (Phi) is 4.54. The van der Waals surface area contributed by atoms with Crippen LogP contribution in [0.5, 0.6) is 0 Å². The zero-order chi connectivity index (χ0) is 13.1. The highest BCUT2D eigenvalue weighted by atomic mass is 35.5. The van der Waals surface area contributed by atoms with Crippen molar-refractivity contribution in [3.63, 3.8) is 0 Å². The summed E-state index contributed by atoms with van der Waals surface area (Å²) in [5, 5.41) is 13.1. The van der Waals surface area contributed by atoms with Crippen molar-refractivity contribution >= 4 is 17.5 Å². The third-order valence-electron chi connectivity index (χ3n) is 2.56. The van der Waals surface area contributed by atoms with Gasteiger partial charge in [-0.3, -0.25) is 4.79 Å². The van der Waals surface area contributed by atoms with Crippen molar-refractivity contribution in [1.29, 1.82) is 0 Å². The molecule has 0 fully saturated rings. The van der Waals surface area contributed by atoms with Crippen molar-refractivity contribution in [3.05, 3.63) is 34.9 Å². The number of aliphatic hydroxyl groups excluding tert-OH is 1. The molecule has 0 aromatic heterocycles. The van der Waals surface area contributed by atoms with Gasteiger partial charge in [0.1, 0.15) is 0 Å². The second kappa shape index (κ2) is 5.52. The van der Waals surface area contributed by atoms with Crippen molar-refractivity contribution in [1.82, 2.24) is 5.32 Å². The van der Waals surface area contributed by atoms with Crippen LogP contribution < -0.4 is 5.32 Å². The first-order chi connectivity index (χ1) is 7.80. The van der Waals surface area contributed by atoms with E-state index in [-0.39, 0.29) is 17.9 Å². The van der Waals surface area contributed by atoms with Gasteiger partial charge in [0.05, 0.1) is 6.10 Å². The second-order valence-corrected chi connectivity index (χ2v) is 5.54. The number of nitrogens with one attached hydrogen (secondary N) is 1. The Bertz CT molecular complexity index is 381. The van der Waals surface area contributed by atoms with Crippen LogP contribution in [-0.2, 0) is 0 Å². The van der Waals surface area contributed by atoms with Gasteiger partial charge in [0, 0.05) is 17.1 Å². The van der Waals surface area contributed by atoms with E-state index in [1.807, 2.05) is 20.8 Å². The van der Waals surface area contributed by atoms with E-state index >= 15 is 0 Å². The van der Waals surface area contributed by atoms with E-state index in [4.69, 9.17) is 11.6 Å². The van der Waals surface area contributed by atoms with Crippen LogP contribution in [0, 0.1) is 5.41 Å². The Morgan fingerprint density at radius 1 is 1.35 bits per heavy atom. The van der Waals surface area contributed by atoms with Gasteiger partial charge >= 0.3 is 0 Å². The molecule has 0 spiro atoms. The molecule has 0 saturated carbocycles. The van der Waals surface area contributed by atoms with Crippen LogP contribution in [-0.4, -0.2) is 23.7 Å². The predicted octanol–water partition coefficient (Wildman–Crippen LogP) is 2.48. The second-order valence-electron chi connectivity index (χ2n) is 5.10. The van der Waals surface area contributed by atoms with Gasteiger partial charge in [0.15, 0.2) is 0 Å². The molecule has 94 valence electrons. The SMILES string of the molecule is CC(C)(C)C(O)CNC(=O)c1ccc(Cl)cc1. The number of carbonyl (C=O) groups is 1. The van der Waals surface area contributed by atoms with E-state index in [0.717, 1.165) is 0 Å². The van der Waals surface area contributed by atoms with E-state index in [9.17, 15) is 9.90 Å². The monoisotopic (exact) mass is 255 g/mol. The van der Waals surface area contributed by atoms with Crippen LogP contribution in [0.25, 0.3) is 0 Å². The van der Waals surface area contributed by atoms with Gasteiger partial charge in [-0.1, -0.05) is 32.4 Å². The molecule has 0 aliphatic carbocycles. The van der Waals surface area contributed by atoms with Crippen LogP contribution in [0.4, 0.5) is 0 Å². The Hall–Kier alpha value is -1.06. The summed E-state index contributed by atoms with van der Waals surface area (Å²) in [5.74, 6) is -0.204. The molecule has 1 aromatic rings. The number of hydrogen-bond acceptors (Lipinski definition) is 2. The molecule has 1 aromatic carbocycles. The molecule has 0 aliphatic rings. The topological polar surface area (TPSA) is 49.3 Å². The minimum atomic E-state index is -0.571. The van der Waals surface area contributed by atoms with E-state index in [1.165, 1.54) is 0 Å².